The second-order valence-corrected chi connectivity index (χ2v) is 8.20. The standard InChI is InChI=1S/C15H22N2O2S/c1-15(2,11-7-8-11)16-13-5-3-4-6-14(13)20(18,19)17-12-9-10-12/h3-6,11-12,16-17H,7-10H2,1-2H3. The van der Waals surface area contributed by atoms with E-state index < -0.39 is 10.0 Å². The lowest BCUT2D eigenvalue weighted by Gasteiger charge is -2.28. The highest BCUT2D eigenvalue weighted by Crippen LogP contribution is 2.41. The van der Waals surface area contributed by atoms with Gasteiger partial charge in [-0.15, -0.1) is 0 Å². The number of anilines is 1. The Morgan fingerprint density at radius 1 is 1.10 bits per heavy atom. The zero-order chi connectivity index (χ0) is 14.4. The van der Waals surface area contributed by atoms with Crippen molar-refractivity contribution in [2.45, 2.75) is 56.0 Å². The molecule has 20 heavy (non-hydrogen) atoms. The summed E-state index contributed by atoms with van der Waals surface area (Å²) < 4.78 is 27.6. The minimum absolute atomic E-state index is 0.0643. The summed E-state index contributed by atoms with van der Waals surface area (Å²) in [6.07, 6.45) is 4.33. The first-order valence-corrected chi connectivity index (χ1v) is 8.76. The smallest absolute Gasteiger partial charge is 0.242 e. The van der Waals surface area contributed by atoms with Crippen LogP contribution in [-0.2, 0) is 10.0 Å². The van der Waals surface area contributed by atoms with Crippen LogP contribution in [0.25, 0.3) is 0 Å². The van der Waals surface area contributed by atoms with Crippen LogP contribution >= 0.6 is 0 Å². The summed E-state index contributed by atoms with van der Waals surface area (Å²) in [5, 5.41) is 3.43. The molecule has 1 aromatic rings. The number of hydrogen-bond donors (Lipinski definition) is 2. The molecule has 1 aromatic carbocycles. The predicted molar refractivity (Wildman–Crippen MR) is 80.2 cm³/mol. The normalized spacial score (nSPS) is 19.9. The molecule has 110 valence electrons. The molecule has 2 fully saturated rings. The van der Waals surface area contributed by atoms with Crippen molar-refractivity contribution in [3.05, 3.63) is 24.3 Å². The van der Waals surface area contributed by atoms with Crippen molar-refractivity contribution in [1.82, 2.24) is 4.72 Å². The lowest BCUT2D eigenvalue weighted by molar-refractivity contribution is 0.493. The van der Waals surface area contributed by atoms with E-state index in [1.165, 1.54) is 12.8 Å². The highest BCUT2D eigenvalue weighted by Gasteiger charge is 2.38. The van der Waals surface area contributed by atoms with Crippen LogP contribution in [0.5, 0.6) is 0 Å². The monoisotopic (exact) mass is 294 g/mol. The van der Waals surface area contributed by atoms with Gasteiger partial charge < -0.3 is 5.32 Å². The van der Waals surface area contributed by atoms with Crippen LogP contribution in [0.2, 0.25) is 0 Å². The Labute approximate surface area is 121 Å². The van der Waals surface area contributed by atoms with E-state index in [9.17, 15) is 8.42 Å². The van der Waals surface area contributed by atoms with E-state index in [4.69, 9.17) is 0 Å². The maximum absolute atomic E-state index is 12.4. The van der Waals surface area contributed by atoms with E-state index in [-0.39, 0.29) is 11.6 Å². The highest BCUT2D eigenvalue weighted by atomic mass is 32.2. The molecule has 2 aliphatic carbocycles. The molecule has 0 aliphatic heterocycles. The molecular weight excluding hydrogens is 272 g/mol. The molecule has 0 heterocycles. The van der Waals surface area contributed by atoms with Crippen LogP contribution in [0.3, 0.4) is 0 Å². The van der Waals surface area contributed by atoms with Gasteiger partial charge in [0, 0.05) is 11.6 Å². The second kappa shape index (κ2) is 4.74. The molecule has 0 amide bonds. The molecule has 2 saturated carbocycles. The van der Waals surface area contributed by atoms with Gasteiger partial charge in [0.15, 0.2) is 0 Å². The molecule has 5 heteroatoms. The average Bonchev–Trinajstić information content (AvgIpc) is 3.22. The van der Waals surface area contributed by atoms with E-state index in [0.717, 1.165) is 12.8 Å². The van der Waals surface area contributed by atoms with Gasteiger partial charge in [0.25, 0.3) is 0 Å². The number of sulfonamides is 1. The first-order chi connectivity index (χ1) is 9.38. The van der Waals surface area contributed by atoms with E-state index >= 15 is 0 Å². The minimum Gasteiger partial charge on any atom is -0.379 e. The van der Waals surface area contributed by atoms with Crippen LogP contribution in [-0.4, -0.2) is 20.0 Å². The maximum Gasteiger partial charge on any atom is 0.242 e. The Morgan fingerprint density at radius 2 is 1.75 bits per heavy atom. The fourth-order valence-electron chi connectivity index (χ4n) is 2.54. The number of para-hydroxylation sites is 1. The molecule has 0 aromatic heterocycles. The van der Waals surface area contributed by atoms with Crippen molar-refractivity contribution in [2.75, 3.05) is 5.32 Å². The summed E-state index contributed by atoms with van der Waals surface area (Å²) in [7, 11) is -3.42. The van der Waals surface area contributed by atoms with Crippen LogP contribution < -0.4 is 10.0 Å². The number of rotatable bonds is 6. The molecule has 0 saturated heterocycles. The zero-order valence-corrected chi connectivity index (χ0v) is 12.8. The van der Waals surface area contributed by atoms with Gasteiger partial charge in [-0.05, 0) is 57.6 Å². The van der Waals surface area contributed by atoms with E-state index in [1.54, 1.807) is 12.1 Å². The lowest BCUT2D eigenvalue weighted by atomic mass is 9.98. The molecule has 2 aliphatic rings. The summed E-state index contributed by atoms with van der Waals surface area (Å²) >= 11 is 0. The second-order valence-electron chi connectivity index (χ2n) is 6.51. The third-order valence-electron chi connectivity index (χ3n) is 4.13. The zero-order valence-electron chi connectivity index (χ0n) is 12.0. The summed E-state index contributed by atoms with van der Waals surface area (Å²) in [5.74, 6) is 0.634. The maximum atomic E-state index is 12.4. The molecule has 2 N–H and O–H groups in total. The third-order valence-corrected chi connectivity index (χ3v) is 5.71. The van der Waals surface area contributed by atoms with Crippen molar-refractivity contribution in [3.8, 4) is 0 Å². The summed E-state index contributed by atoms with van der Waals surface area (Å²) in [4.78, 5) is 0.362. The molecule has 0 bridgehead atoms. The van der Waals surface area contributed by atoms with Gasteiger partial charge >= 0.3 is 0 Å². The number of hydrogen-bond acceptors (Lipinski definition) is 3. The summed E-state index contributed by atoms with van der Waals surface area (Å²) in [6.45, 7) is 4.28. The largest absolute Gasteiger partial charge is 0.379 e. The van der Waals surface area contributed by atoms with Gasteiger partial charge in [-0.2, -0.15) is 0 Å². The van der Waals surface area contributed by atoms with Crippen molar-refractivity contribution < 1.29 is 8.42 Å². The highest BCUT2D eigenvalue weighted by molar-refractivity contribution is 7.89. The van der Waals surface area contributed by atoms with Crippen molar-refractivity contribution in [2.24, 2.45) is 5.92 Å². The molecule has 0 unspecified atom stereocenters. The van der Waals surface area contributed by atoms with E-state index in [2.05, 4.69) is 23.9 Å². The first kappa shape index (κ1) is 13.9. The van der Waals surface area contributed by atoms with E-state index in [0.29, 0.717) is 16.5 Å². The lowest BCUT2D eigenvalue weighted by Crippen LogP contribution is -2.35. The van der Waals surface area contributed by atoms with E-state index in [1.807, 2.05) is 12.1 Å². The van der Waals surface area contributed by atoms with Gasteiger partial charge in [0.2, 0.25) is 10.0 Å². The van der Waals surface area contributed by atoms with Crippen molar-refractivity contribution in [1.29, 1.82) is 0 Å². The van der Waals surface area contributed by atoms with Crippen molar-refractivity contribution >= 4 is 15.7 Å². The van der Waals surface area contributed by atoms with Crippen molar-refractivity contribution in [3.63, 3.8) is 0 Å². The van der Waals surface area contributed by atoms with Gasteiger partial charge in [-0.3, -0.25) is 0 Å². The van der Waals surface area contributed by atoms with Gasteiger partial charge in [-0.1, -0.05) is 12.1 Å². The Kier molecular flexibility index (Phi) is 3.29. The Balaban J connectivity index is 1.87. The first-order valence-electron chi connectivity index (χ1n) is 7.28. The quantitative estimate of drug-likeness (QED) is 0.848. The summed E-state index contributed by atoms with van der Waals surface area (Å²) in [5.41, 5.74) is 0.642. The van der Waals surface area contributed by atoms with Gasteiger partial charge in [-0.25, -0.2) is 13.1 Å². The summed E-state index contributed by atoms with van der Waals surface area (Å²) in [6, 6.07) is 7.31. The average molecular weight is 294 g/mol. The van der Waals surface area contributed by atoms with Crippen LogP contribution in [0.4, 0.5) is 5.69 Å². The molecule has 0 spiro atoms. The molecule has 3 rings (SSSR count). The topological polar surface area (TPSA) is 58.2 Å². The SMILES string of the molecule is CC(C)(Nc1ccccc1S(=O)(=O)NC1CC1)C1CC1. The third kappa shape index (κ3) is 2.99. The van der Waals surface area contributed by atoms with Crippen LogP contribution in [0.1, 0.15) is 39.5 Å². The Hall–Kier alpha value is -1.07. The van der Waals surface area contributed by atoms with Crippen LogP contribution in [0.15, 0.2) is 29.2 Å². The fraction of sp³-hybridized carbons (Fsp3) is 0.600. The van der Waals surface area contributed by atoms with Gasteiger partial charge in [0.05, 0.1) is 5.69 Å². The minimum atomic E-state index is -3.42. The molecular formula is C15H22N2O2S. The fourth-order valence-corrected chi connectivity index (χ4v) is 4.01. The number of nitrogens with one attached hydrogen (secondary N) is 2. The predicted octanol–water partition coefficient (Wildman–Crippen LogP) is 2.73. The Morgan fingerprint density at radius 3 is 2.35 bits per heavy atom. The number of benzene rings is 1. The molecule has 0 radical (unpaired) electrons. The molecule has 0 atom stereocenters. The van der Waals surface area contributed by atoms with Gasteiger partial charge in [0.1, 0.15) is 4.90 Å². The van der Waals surface area contributed by atoms with Crippen LogP contribution in [0, 0.1) is 5.92 Å². The molecule has 4 nitrogen and oxygen atoms in total. The Bertz CT molecular complexity index is 602.